The van der Waals surface area contributed by atoms with Crippen molar-refractivity contribution in [3.8, 4) is 11.5 Å². The van der Waals surface area contributed by atoms with Crippen LogP contribution in [-0.2, 0) is 4.79 Å². The standard InChI is InChI=1S/C18H28N2O3/c1-3-19-11-13-20(14-12-19)18(21)10-7-15-23-17-9-6-5-8-16(17)22-4-2/h5-6,8-9H,3-4,7,10-15H2,1-2H3. The van der Waals surface area contributed by atoms with Crippen LogP contribution in [0.25, 0.3) is 0 Å². The fourth-order valence-corrected chi connectivity index (χ4v) is 2.72. The van der Waals surface area contributed by atoms with Crippen LogP contribution >= 0.6 is 0 Å². The Morgan fingerprint density at radius 3 is 2.30 bits per heavy atom. The summed E-state index contributed by atoms with van der Waals surface area (Å²) in [4.78, 5) is 16.5. The number of ether oxygens (including phenoxy) is 2. The first-order valence-corrected chi connectivity index (χ1v) is 8.59. The third kappa shape index (κ3) is 5.43. The largest absolute Gasteiger partial charge is 0.490 e. The number of hydrogen-bond acceptors (Lipinski definition) is 4. The first-order chi connectivity index (χ1) is 11.2. The van der Waals surface area contributed by atoms with Crippen LogP contribution in [0.15, 0.2) is 24.3 Å². The van der Waals surface area contributed by atoms with Crippen LogP contribution < -0.4 is 9.47 Å². The normalized spacial score (nSPS) is 15.5. The molecule has 1 aromatic rings. The van der Waals surface area contributed by atoms with Crippen LogP contribution in [0.5, 0.6) is 11.5 Å². The van der Waals surface area contributed by atoms with E-state index in [1.807, 2.05) is 36.1 Å². The van der Waals surface area contributed by atoms with Gasteiger partial charge in [-0.3, -0.25) is 4.79 Å². The predicted molar refractivity (Wildman–Crippen MR) is 91.0 cm³/mol. The molecule has 0 aromatic heterocycles. The molecule has 0 radical (unpaired) electrons. The van der Waals surface area contributed by atoms with Crippen molar-refractivity contribution in [1.82, 2.24) is 9.80 Å². The summed E-state index contributed by atoms with van der Waals surface area (Å²) in [5.74, 6) is 1.75. The summed E-state index contributed by atoms with van der Waals surface area (Å²) in [5, 5.41) is 0. The minimum Gasteiger partial charge on any atom is -0.490 e. The van der Waals surface area contributed by atoms with E-state index >= 15 is 0 Å². The van der Waals surface area contributed by atoms with E-state index in [9.17, 15) is 4.79 Å². The Morgan fingerprint density at radius 1 is 1.04 bits per heavy atom. The molecule has 128 valence electrons. The van der Waals surface area contributed by atoms with Crippen molar-refractivity contribution < 1.29 is 14.3 Å². The number of rotatable bonds is 8. The summed E-state index contributed by atoms with van der Waals surface area (Å²) in [6, 6.07) is 7.65. The number of piperazine rings is 1. The van der Waals surface area contributed by atoms with Gasteiger partial charge in [0.15, 0.2) is 11.5 Å². The number of nitrogens with zero attached hydrogens (tertiary/aromatic N) is 2. The molecule has 1 aromatic carbocycles. The van der Waals surface area contributed by atoms with Crippen LogP contribution in [0.2, 0.25) is 0 Å². The van der Waals surface area contributed by atoms with Gasteiger partial charge in [0.05, 0.1) is 13.2 Å². The van der Waals surface area contributed by atoms with Crippen molar-refractivity contribution >= 4 is 5.91 Å². The molecule has 5 heteroatoms. The van der Waals surface area contributed by atoms with Gasteiger partial charge in [0, 0.05) is 32.6 Å². The molecular weight excluding hydrogens is 292 g/mol. The topological polar surface area (TPSA) is 42.0 Å². The molecule has 1 aliphatic heterocycles. The highest BCUT2D eigenvalue weighted by Gasteiger charge is 2.19. The molecule has 23 heavy (non-hydrogen) atoms. The number of carbonyl (C=O) groups excluding carboxylic acids is 1. The van der Waals surface area contributed by atoms with E-state index in [0.29, 0.717) is 19.6 Å². The van der Waals surface area contributed by atoms with Gasteiger partial charge in [-0.05, 0) is 32.0 Å². The third-order valence-electron chi connectivity index (χ3n) is 4.11. The Hall–Kier alpha value is -1.75. The van der Waals surface area contributed by atoms with Crippen molar-refractivity contribution in [1.29, 1.82) is 0 Å². The Labute approximate surface area is 139 Å². The van der Waals surface area contributed by atoms with Crippen LogP contribution in [0.3, 0.4) is 0 Å². The lowest BCUT2D eigenvalue weighted by Crippen LogP contribution is -2.48. The lowest BCUT2D eigenvalue weighted by Gasteiger charge is -2.34. The molecule has 2 rings (SSSR count). The van der Waals surface area contributed by atoms with Gasteiger partial charge in [-0.1, -0.05) is 19.1 Å². The molecule has 0 N–H and O–H groups in total. The van der Waals surface area contributed by atoms with Gasteiger partial charge in [0.2, 0.25) is 5.91 Å². The highest BCUT2D eigenvalue weighted by molar-refractivity contribution is 5.76. The molecule has 1 heterocycles. The van der Waals surface area contributed by atoms with Gasteiger partial charge >= 0.3 is 0 Å². The molecule has 0 aliphatic carbocycles. The van der Waals surface area contributed by atoms with Crippen LogP contribution in [0.1, 0.15) is 26.7 Å². The lowest BCUT2D eigenvalue weighted by molar-refractivity contribution is -0.133. The molecule has 0 atom stereocenters. The monoisotopic (exact) mass is 320 g/mol. The van der Waals surface area contributed by atoms with Crippen molar-refractivity contribution in [3.63, 3.8) is 0 Å². The predicted octanol–water partition coefficient (Wildman–Crippen LogP) is 2.41. The maximum absolute atomic E-state index is 12.2. The van der Waals surface area contributed by atoms with Crippen molar-refractivity contribution in [2.45, 2.75) is 26.7 Å². The third-order valence-corrected chi connectivity index (χ3v) is 4.11. The van der Waals surface area contributed by atoms with Gasteiger partial charge < -0.3 is 19.3 Å². The molecule has 0 saturated carbocycles. The van der Waals surface area contributed by atoms with Gasteiger partial charge in [-0.15, -0.1) is 0 Å². The van der Waals surface area contributed by atoms with Gasteiger partial charge in [-0.2, -0.15) is 0 Å². The fraction of sp³-hybridized carbons (Fsp3) is 0.611. The minimum atomic E-state index is 0.238. The molecule has 0 unspecified atom stereocenters. The molecular formula is C18H28N2O3. The number of para-hydroxylation sites is 2. The molecule has 1 saturated heterocycles. The van der Waals surface area contributed by atoms with Crippen molar-refractivity contribution in [2.24, 2.45) is 0 Å². The number of hydrogen-bond donors (Lipinski definition) is 0. The Morgan fingerprint density at radius 2 is 1.70 bits per heavy atom. The van der Waals surface area contributed by atoms with Crippen molar-refractivity contribution in [3.05, 3.63) is 24.3 Å². The number of carbonyl (C=O) groups is 1. The smallest absolute Gasteiger partial charge is 0.222 e. The van der Waals surface area contributed by atoms with Gasteiger partial charge in [0.25, 0.3) is 0 Å². The summed E-state index contributed by atoms with van der Waals surface area (Å²) in [7, 11) is 0. The van der Waals surface area contributed by atoms with E-state index < -0.39 is 0 Å². The molecule has 1 fully saturated rings. The highest BCUT2D eigenvalue weighted by Crippen LogP contribution is 2.26. The Balaban J connectivity index is 1.68. The number of likely N-dealkylation sites (N-methyl/N-ethyl adjacent to an activating group) is 1. The average Bonchev–Trinajstić information content (AvgIpc) is 2.60. The van der Waals surface area contributed by atoms with Crippen molar-refractivity contribution in [2.75, 3.05) is 45.9 Å². The van der Waals surface area contributed by atoms with E-state index in [-0.39, 0.29) is 5.91 Å². The minimum absolute atomic E-state index is 0.238. The maximum atomic E-state index is 12.2. The summed E-state index contributed by atoms with van der Waals surface area (Å²) in [5.41, 5.74) is 0. The summed E-state index contributed by atoms with van der Waals surface area (Å²) < 4.78 is 11.3. The van der Waals surface area contributed by atoms with E-state index in [0.717, 1.165) is 50.6 Å². The van der Waals surface area contributed by atoms with E-state index in [4.69, 9.17) is 9.47 Å². The summed E-state index contributed by atoms with van der Waals surface area (Å²) >= 11 is 0. The zero-order valence-corrected chi connectivity index (χ0v) is 14.3. The Bertz CT molecular complexity index is 485. The lowest BCUT2D eigenvalue weighted by atomic mass is 10.2. The average molecular weight is 320 g/mol. The number of amides is 1. The van der Waals surface area contributed by atoms with E-state index in [2.05, 4.69) is 11.8 Å². The fourth-order valence-electron chi connectivity index (χ4n) is 2.72. The van der Waals surface area contributed by atoms with Crippen LogP contribution in [0, 0.1) is 0 Å². The second kappa shape index (κ2) is 9.40. The quantitative estimate of drug-likeness (QED) is 0.690. The zero-order valence-electron chi connectivity index (χ0n) is 14.3. The molecule has 1 aliphatic rings. The van der Waals surface area contributed by atoms with Crippen LogP contribution in [0.4, 0.5) is 0 Å². The highest BCUT2D eigenvalue weighted by atomic mass is 16.5. The first-order valence-electron chi connectivity index (χ1n) is 8.59. The Kier molecular flexibility index (Phi) is 7.20. The second-order valence-electron chi connectivity index (χ2n) is 5.65. The zero-order chi connectivity index (χ0) is 16.5. The first kappa shape index (κ1) is 17.6. The number of benzene rings is 1. The SMILES string of the molecule is CCOc1ccccc1OCCCC(=O)N1CCN(CC)CC1. The van der Waals surface area contributed by atoms with Gasteiger partial charge in [-0.25, -0.2) is 0 Å². The molecule has 0 spiro atoms. The van der Waals surface area contributed by atoms with Gasteiger partial charge in [0.1, 0.15) is 0 Å². The van der Waals surface area contributed by atoms with E-state index in [1.165, 1.54) is 0 Å². The summed E-state index contributed by atoms with van der Waals surface area (Å²) in [6.07, 6.45) is 1.27. The second-order valence-corrected chi connectivity index (χ2v) is 5.65. The molecule has 1 amide bonds. The van der Waals surface area contributed by atoms with Crippen LogP contribution in [-0.4, -0.2) is 61.6 Å². The summed E-state index contributed by atoms with van der Waals surface area (Å²) in [6.45, 7) is 9.99. The van der Waals surface area contributed by atoms with E-state index in [1.54, 1.807) is 0 Å². The molecule has 0 bridgehead atoms. The maximum Gasteiger partial charge on any atom is 0.222 e. The molecule has 5 nitrogen and oxygen atoms in total.